The Bertz CT molecular complexity index is 257. The fourth-order valence-corrected chi connectivity index (χ4v) is 2.05. The first-order chi connectivity index (χ1) is 7.67. The number of nitrogens with one attached hydrogen (secondary N) is 2. The Morgan fingerprint density at radius 3 is 2.62 bits per heavy atom. The maximum Gasteiger partial charge on any atom is 0.245 e. The fourth-order valence-electron chi connectivity index (χ4n) is 2.05. The summed E-state index contributed by atoms with van der Waals surface area (Å²) in [5.41, 5.74) is 0. The van der Waals surface area contributed by atoms with Crippen molar-refractivity contribution in [2.45, 2.75) is 31.7 Å². The quantitative estimate of drug-likeness (QED) is 0.452. The molecule has 0 bridgehead atoms. The summed E-state index contributed by atoms with van der Waals surface area (Å²) < 4.78 is 0. The number of aliphatic hydroxyl groups is 2. The minimum atomic E-state index is -0.524. The summed E-state index contributed by atoms with van der Waals surface area (Å²) in [6.45, 7) is -0.882. The number of carbonyl (C=O) groups excluding carboxylic acids is 2. The van der Waals surface area contributed by atoms with Crippen molar-refractivity contribution >= 4 is 11.8 Å². The van der Waals surface area contributed by atoms with Crippen LogP contribution in [0.4, 0.5) is 0 Å². The van der Waals surface area contributed by atoms with Gasteiger partial charge >= 0.3 is 0 Å². The van der Waals surface area contributed by atoms with Crippen LogP contribution in [0.25, 0.3) is 0 Å². The van der Waals surface area contributed by atoms with Gasteiger partial charge in [-0.2, -0.15) is 0 Å². The van der Waals surface area contributed by atoms with E-state index in [-0.39, 0.29) is 24.6 Å². The van der Waals surface area contributed by atoms with E-state index in [2.05, 4.69) is 10.6 Å². The third kappa shape index (κ3) is 3.79. The first-order valence-electron chi connectivity index (χ1n) is 5.46. The van der Waals surface area contributed by atoms with Crippen molar-refractivity contribution < 1.29 is 19.8 Å². The molecule has 4 N–H and O–H groups in total. The van der Waals surface area contributed by atoms with Crippen LogP contribution in [0.3, 0.4) is 0 Å². The van der Waals surface area contributed by atoms with Crippen LogP contribution in [0.2, 0.25) is 0 Å². The third-order valence-corrected chi connectivity index (χ3v) is 2.81. The molecule has 0 saturated heterocycles. The second-order valence-electron chi connectivity index (χ2n) is 3.99. The van der Waals surface area contributed by atoms with Crippen LogP contribution >= 0.6 is 0 Å². The normalized spacial score (nSPS) is 24.9. The van der Waals surface area contributed by atoms with E-state index in [9.17, 15) is 9.59 Å². The Morgan fingerprint density at radius 1 is 1.25 bits per heavy atom. The van der Waals surface area contributed by atoms with Crippen LogP contribution in [0.1, 0.15) is 25.7 Å². The smallest absolute Gasteiger partial charge is 0.245 e. The van der Waals surface area contributed by atoms with Gasteiger partial charge in [-0.25, -0.2) is 0 Å². The molecule has 0 radical (unpaired) electrons. The van der Waals surface area contributed by atoms with Crippen LogP contribution in [-0.2, 0) is 9.59 Å². The summed E-state index contributed by atoms with van der Waals surface area (Å²) in [4.78, 5) is 22.4. The lowest BCUT2D eigenvalue weighted by molar-refractivity contribution is -0.129. The zero-order valence-electron chi connectivity index (χ0n) is 9.11. The SMILES string of the molecule is O=C(CO)NC1CCCC(C(=O)NCO)C1. The predicted molar refractivity (Wildman–Crippen MR) is 56.2 cm³/mol. The summed E-state index contributed by atoms with van der Waals surface area (Å²) in [5, 5.41) is 22.2. The first-order valence-corrected chi connectivity index (χ1v) is 5.46. The molecule has 6 nitrogen and oxygen atoms in total. The standard InChI is InChI=1S/C10H18N2O4/c13-5-9(15)12-8-3-1-2-7(4-8)10(16)11-6-14/h7-8,13-14H,1-6H2,(H,11,16)(H,12,15). The predicted octanol–water partition coefficient (Wildman–Crippen LogP) is -1.28. The molecule has 0 spiro atoms. The number of amides is 2. The van der Waals surface area contributed by atoms with Gasteiger partial charge in [0, 0.05) is 12.0 Å². The zero-order chi connectivity index (χ0) is 12.0. The second-order valence-corrected chi connectivity index (χ2v) is 3.99. The van der Waals surface area contributed by atoms with Crippen LogP contribution in [0.5, 0.6) is 0 Å². The highest BCUT2D eigenvalue weighted by molar-refractivity contribution is 5.79. The van der Waals surface area contributed by atoms with Crippen molar-refractivity contribution in [1.82, 2.24) is 10.6 Å². The lowest BCUT2D eigenvalue weighted by Gasteiger charge is -2.28. The number of aliphatic hydroxyl groups excluding tert-OH is 2. The van der Waals surface area contributed by atoms with Crippen molar-refractivity contribution in [1.29, 1.82) is 0 Å². The fraction of sp³-hybridized carbons (Fsp3) is 0.800. The molecular weight excluding hydrogens is 212 g/mol. The topological polar surface area (TPSA) is 98.7 Å². The van der Waals surface area contributed by atoms with E-state index >= 15 is 0 Å². The summed E-state index contributed by atoms with van der Waals surface area (Å²) in [6.07, 6.45) is 3.03. The molecule has 1 saturated carbocycles. The van der Waals surface area contributed by atoms with E-state index in [0.29, 0.717) is 6.42 Å². The maximum atomic E-state index is 11.5. The molecule has 0 aromatic heterocycles. The van der Waals surface area contributed by atoms with E-state index in [1.807, 2.05) is 0 Å². The Labute approximate surface area is 94.0 Å². The van der Waals surface area contributed by atoms with Crippen LogP contribution in [0, 0.1) is 5.92 Å². The van der Waals surface area contributed by atoms with Crippen LogP contribution < -0.4 is 10.6 Å². The van der Waals surface area contributed by atoms with Gasteiger partial charge in [-0.1, -0.05) is 6.42 Å². The lowest BCUT2D eigenvalue weighted by atomic mass is 9.85. The van der Waals surface area contributed by atoms with Crippen molar-refractivity contribution in [2.24, 2.45) is 5.92 Å². The van der Waals surface area contributed by atoms with Gasteiger partial charge in [0.2, 0.25) is 11.8 Å². The van der Waals surface area contributed by atoms with E-state index in [1.165, 1.54) is 0 Å². The summed E-state index contributed by atoms with van der Waals surface area (Å²) >= 11 is 0. The summed E-state index contributed by atoms with van der Waals surface area (Å²) in [7, 11) is 0. The number of rotatable bonds is 4. The van der Waals surface area contributed by atoms with E-state index in [0.717, 1.165) is 19.3 Å². The molecule has 1 aliphatic rings. The third-order valence-electron chi connectivity index (χ3n) is 2.81. The molecule has 0 aromatic carbocycles. The van der Waals surface area contributed by atoms with Gasteiger partial charge in [0.05, 0.1) is 0 Å². The minimum Gasteiger partial charge on any atom is -0.387 e. The molecule has 6 heteroatoms. The highest BCUT2D eigenvalue weighted by atomic mass is 16.3. The molecule has 0 aromatic rings. The molecule has 2 unspecified atom stereocenters. The molecule has 2 atom stereocenters. The highest BCUT2D eigenvalue weighted by Crippen LogP contribution is 2.24. The summed E-state index contributed by atoms with van der Waals surface area (Å²) in [5.74, 6) is -0.747. The van der Waals surface area contributed by atoms with E-state index < -0.39 is 12.5 Å². The zero-order valence-corrected chi connectivity index (χ0v) is 9.11. The average molecular weight is 230 g/mol. The number of hydrogen-bond donors (Lipinski definition) is 4. The van der Waals surface area contributed by atoms with Crippen LogP contribution in [-0.4, -0.2) is 41.4 Å². The van der Waals surface area contributed by atoms with E-state index in [4.69, 9.17) is 10.2 Å². The van der Waals surface area contributed by atoms with Gasteiger partial charge in [0.15, 0.2) is 0 Å². The Morgan fingerprint density at radius 2 is 2.00 bits per heavy atom. The van der Waals surface area contributed by atoms with Crippen molar-refractivity contribution in [3.8, 4) is 0 Å². The lowest BCUT2D eigenvalue weighted by Crippen LogP contribution is -2.43. The Hall–Kier alpha value is -1.14. The monoisotopic (exact) mass is 230 g/mol. The number of hydrogen-bond acceptors (Lipinski definition) is 4. The Kier molecular flexibility index (Phi) is 5.21. The highest BCUT2D eigenvalue weighted by Gasteiger charge is 2.27. The van der Waals surface area contributed by atoms with Crippen molar-refractivity contribution in [3.63, 3.8) is 0 Å². The molecule has 1 fully saturated rings. The van der Waals surface area contributed by atoms with E-state index in [1.54, 1.807) is 0 Å². The van der Waals surface area contributed by atoms with Gasteiger partial charge in [-0.05, 0) is 19.3 Å². The van der Waals surface area contributed by atoms with Crippen LogP contribution in [0.15, 0.2) is 0 Å². The maximum absolute atomic E-state index is 11.5. The molecule has 1 rings (SSSR count). The largest absolute Gasteiger partial charge is 0.387 e. The van der Waals surface area contributed by atoms with Gasteiger partial charge < -0.3 is 20.8 Å². The summed E-state index contributed by atoms with van der Waals surface area (Å²) in [6, 6.07) is -0.0529. The molecule has 0 heterocycles. The molecule has 0 aliphatic heterocycles. The first kappa shape index (κ1) is 12.9. The number of carbonyl (C=O) groups is 2. The Balaban J connectivity index is 2.40. The molecule has 92 valence electrons. The average Bonchev–Trinajstić information content (AvgIpc) is 2.29. The van der Waals surface area contributed by atoms with Crippen molar-refractivity contribution in [2.75, 3.05) is 13.3 Å². The molecular formula is C10H18N2O4. The molecule has 2 amide bonds. The van der Waals surface area contributed by atoms with Gasteiger partial charge in [0.1, 0.15) is 13.3 Å². The van der Waals surface area contributed by atoms with Crippen molar-refractivity contribution in [3.05, 3.63) is 0 Å². The van der Waals surface area contributed by atoms with Gasteiger partial charge in [-0.15, -0.1) is 0 Å². The second kappa shape index (κ2) is 6.44. The van der Waals surface area contributed by atoms with Gasteiger partial charge in [0.25, 0.3) is 0 Å². The molecule has 1 aliphatic carbocycles. The molecule has 16 heavy (non-hydrogen) atoms. The minimum absolute atomic E-state index is 0.0529. The van der Waals surface area contributed by atoms with Gasteiger partial charge in [-0.3, -0.25) is 9.59 Å².